The average Bonchev–Trinajstić information content (AvgIpc) is 2.41. The minimum atomic E-state index is -0.930. The number of esters is 1. The van der Waals surface area contributed by atoms with Crippen LogP contribution in [0.2, 0.25) is 0 Å². The Labute approximate surface area is 130 Å². The highest BCUT2D eigenvalue weighted by molar-refractivity contribution is 6.29. The van der Waals surface area contributed by atoms with E-state index in [2.05, 4.69) is 0 Å². The second kappa shape index (κ2) is 6.34. The number of ether oxygens (including phenoxy) is 3. The van der Waals surface area contributed by atoms with E-state index in [0.717, 1.165) is 6.92 Å². The maximum atomic E-state index is 12.0. The van der Waals surface area contributed by atoms with Crippen LogP contribution in [0.25, 0.3) is 0 Å². The maximum Gasteiger partial charge on any atom is 0.328 e. The highest BCUT2D eigenvalue weighted by Crippen LogP contribution is 2.31. The van der Waals surface area contributed by atoms with E-state index in [4.69, 9.17) is 14.2 Å². The summed E-state index contributed by atoms with van der Waals surface area (Å²) in [6, 6.07) is -0.930. The summed E-state index contributed by atoms with van der Waals surface area (Å²) in [5.41, 5.74) is -0.407. The zero-order valence-electron chi connectivity index (χ0n) is 12.6. The van der Waals surface area contributed by atoms with Gasteiger partial charge in [0.05, 0.1) is 6.61 Å². The fourth-order valence-corrected chi connectivity index (χ4v) is 1.98. The van der Waals surface area contributed by atoms with Gasteiger partial charge in [0.1, 0.15) is 11.3 Å². The molecular weight excluding hydrogens is 308 g/mol. The Balaban J connectivity index is 2.59. The van der Waals surface area contributed by atoms with Crippen LogP contribution in [0.15, 0.2) is 34.7 Å². The summed E-state index contributed by atoms with van der Waals surface area (Å²) >= 11 is 0. The molecule has 2 aliphatic heterocycles. The summed E-state index contributed by atoms with van der Waals surface area (Å²) in [4.78, 5) is 46.4. The molecule has 0 radical (unpaired) electrons. The molecule has 0 atom stereocenters. The molecule has 0 spiro atoms. The van der Waals surface area contributed by atoms with E-state index in [1.54, 1.807) is 6.92 Å². The second-order valence-electron chi connectivity index (χ2n) is 4.50. The standard InChI is InChI=1S/C14H14N2O7/c1-4-21-9-5-8(11(6(2)22-9)23-7(3)17)10-12(18)15-14(20)16-13(10)19/h5H,4H2,1-3H3,(H2,15,16,18,19,20). The van der Waals surface area contributed by atoms with Gasteiger partial charge in [-0.1, -0.05) is 0 Å². The van der Waals surface area contributed by atoms with Crippen LogP contribution in [0.1, 0.15) is 20.8 Å². The number of hydrogen-bond acceptors (Lipinski definition) is 7. The molecular formula is C14H14N2O7. The van der Waals surface area contributed by atoms with E-state index >= 15 is 0 Å². The SMILES string of the molecule is CCOC1=CC(=C2C(=O)NC(=O)NC2=O)C(OC(C)=O)=C(C)O1. The molecule has 122 valence electrons. The van der Waals surface area contributed by atoms with Gasteiger partial charge in [0.15, 0.2) is 5.76 Å². The minimum absolute atomic E-state index is 0.0186. The van der Waals surface area contributed by atoms with E-state index in [-0.39, 0.29) is 35.2 Å². The number of amides is 4. The molecule has 0 aromatic heterocycles. The molecule has 0 aliphatic carbocycles. The molecule has 9 heteroatoms. The molecule has 2 heterocycles. The zero-order chi connectivity index (χ0) is 17.1. The van der Waals surface area contributed by atoms with Crippen molar-refractivity contribution in [3.63, 3.8) is 0 Å². The van der Waals surface area contributed by atoms with Crippen LogP contribution >= 0.6 is 0 Å². The Kier molecular flexibility index (Phi) is 4.49. The lowest BCUT2D eigenvalue weighted by molar-refractivity contribution is -0.137. The quantitative estimate of drug-likeness (QED) is 0.437. The highest BCUT2D eigenvalue weighted by Gasteiger charge is 2.35. The minimum Gasteiger partial charge on any atom is -0.465 e. The number of imide groups is 2. The van der Waals surface area contributed by atoms with E-state index in [9.17, 15) is 19.2 Å². The Bertz CT molecular complexity index is 678. The van der Waals surface area contributed by atoms with Gasteiger partial charge in [0.25, 0.3) is 17.8 Å². The zero-order valence-corrected chi connectivity index (χ0v) is 12.6. The van der Waals surface area contributed by atoms with Crippen molar-refractivity contribution in [1.82, 2.24) is 10.6 Å². The van der Waals surface area contributed by atoms with Crippen molar-refractivity contribution in [1.29, 1.82) is 0 Å². The van der Waals surface area contributed by atoms with Gasteiger partial charge >= 0.3 is 12.0 Å². The summed E-state index contributed by atoms with van der Waals surface area (Å²) in [7, 11) is 0. The highest BCUT2D eigenvalue weighted by atomic mass is 16.7. The fraction of sp³-hybridized carbons (Fsp3) is 0.286. The van der Waals surface area contributed by atoms with Crippen LogP contribution in [0.3, 0.4) is 0 Å². The third kappa shape index (κ3) is 3.39. The summed E-state index contributed by atoms with van der Waals surface area (Å²) in [5.74, 6) is -2.44. The van der Waals surface area contributed by atoms with E-state index in [0.29, 0.717) is 0 Å². The third-order valence-electron chi connectivity index (χ3n) is 2.79. The first-order chi connectivity index (χ1) is 10.8. The summed E-state index contributed by atoms with van der Waals surface area (Å²) in [5, 5.41) is 3.90. The van der Waals surface area contributed by atoms with Crippen LogP contribution in [0.5, 0.6) is 0 Å². The summed E-state index contributed by atoms with van der Waals surface area (Å²) in [6.07, 6.45) is 1.25. The van der Waals surface area contributed by atoms with Gasteiger partial charge < -0.3 is 14.2 Å². The monoisotopic (exact) mass is 322 g/mol. The molecule has 23 heavy (non-hydrogen) atoms. The van der Waals surface area contributed by atoms with Gasteiger partial charge in [0.2, 0.25) is 0 Å². The van der Waals surface area contributed by atoms with Gasteiger partial charge in [-0.15, -0.1) is 0 Å². The Hall–Kier alpha value is -3.10. The van der Waals surface area contributed by atoms with Crippen LogP contribution < -0.4 is 10.6 Å². The lowest BCUT2D eigenvalue weighted by atomic mass is 10.0. The summed E-state index contributed by atoms with van der Waals surface area (Å²) in [6.45, 7) is 4.64. The molecule has 1 saturated heterocycles. The lowest BCUT2D eigenvalue weighted by Crippen LogP contribution is -2.52. The average molecular weight is 322 g/mol. The number of urea groups is 1. The van der Waals surface area contributed by atoms with Crippen molar-refractivity contribution in [2.75, 3.05) is 6.61 Å². The molecule has 0 aromatic rings. The Morgan fingerprint density at radius 1 is 1.22 bits per heavy atom. The van der Waals surface area contributed by atoms with Gasteiger partial charge in [0, 0.05) is 18.6 Å². The van der Waals surface area contributed by atoms with Crippen molar-refractivity contribution in [3.05, 3.63) is 34.7 Å². The smallest absolute Gasteiger partial charge is 0.328 e. The number of hydrogen-bond donors (Lipinski definition) is 2. The van der Waals surface area contributed by atoms with Crippen LogP contribution in [0, 0.1) is 0 Å². The lowest BCUT2D eigenvalue weighted by Gasteiger charge is -2.23. The number of barbiturate groups is 1. The van der Waals surface area contributed by atoms with Crippen molar-refractivity contribution >= 4 is 23.8 Å². The molecule has 0 unspecified atom stereocenters. The van der Waals surface area contributed by atoms with Gasteiger partial charge in [-0.2, -0.15) is 0 Å². The number of nitrogens with one attached hydrogen (secondary N) is 2. The van der Waals surface area contributed by atoms with Crippen molar-refractivity contribution in [2.24, 2.45) is 0 Å². The molecule has 2 aliphatic rings. The molecule has 0 saturated carbocycles. The number of allylic oxidation sites excluding steroid dienone is 2. The second-order valence-corrected chi connectivity index (χ2v) is 4.50. The molecule has 4 amide bonds. The first-order valence-corrected chi connectivity index (χ1v) is 6.66. The molecule has 2 N–H and O–H groups in total. The Morgan fingerprint density at radius 2 is 1.83 bits per heavy atom. The van der Waals surface area contributed by atoms with Crippen molar-refractivity contribution in [2.45, 2.75) is 20.8 Å². The number of carbonyl (C=O) groups is 4. The number of rotatable bonds is 3. The molecule has 2 rings (SSSR count). The molecule has 9 nitrogen and oxygen atoms in total. The summed E-state index contributed by atoms with van der Waals surface area (Å²) < 4.78 is 15.6. The van der Waals surface area contributed by atoms with Crippen LogP contribution in [0.4, 0.5) is 4.79 Å². The first kappa shape index (κ1) is 16.3. The molecule has 0 bridgehead atoms. The largest absolute Gasteiger partial charge is 0.465 e. The topological polar surface area (TPSA) is 120 Å². The normalized spacial score (nSPS) is 18.0. The van der Waals surface area contributed by atoms with E-state index < -0.39 is 23.8 Å². The molecule has 0 aromatic carbocycles. The predicted molar refractivity (Wildman–Crippen MR) is 74.0 cm³/mol. The third-order valence-corrected chi connectivity index (χ3v) is 2.79. The van der Waals surface area contributed by atoms with Crippen LogP contribution in [-0.4, -0.2) is 30.4 Å². The van der Waals surface area contributed by atoms with Gasteiger partial charge in [-0.05, 0) is 13.8 Å². The fourth-order valence-electron chi connectivity index (χ4n) is 1.98. The van der Waals surface area contributed by atoms with Crippen molar-refractivity contribution < 1.29 is 33.4 Å². The Morgan fingerprint density at radius 3 is 2.35 bits per heavy atom. The predicted octanol–water partition coefficient (Wildman–Crippen LogP) is 0.352. The number of carbonyl (C=O) groups excluding carboxylic acids is 4. The molecule has 1 fully saturated rings. The first-order valence-electron chi connectivity index (χ1n) is 6.66. The van der Waals surface area contributed by atoms with Gasteiger partial charge in [-0.25, -0.2) is 4.79 Å². The van der Waals surface area contributed by atoms with Gasteiger partial charge in [-0.3, -0.25) is 25.0 Å². The van der Waals surface area contributed by atoms with Crippen molar-refractivity contribution in [3.8, 4) is 0 Å². The van der Waals surface area contributed by atoms with E-state index in [1.165, 1.54) is 13.0 Å². The maximum absolute atomic E-state index is 12.0. The van der Waals surface area contributed by atoms with Crippen LogP contribution in [-0.2, 0) is 28.6 Å². The van der Waals surface area contributed by atoms with E-state index in [1.807, 2.05) is 10.6 Å².